The van der Waals surface area contributed by atoms with E-state index in [0.29, 0.717) is 55.9 Å². The summed E-state index contributed by atoms with van der Waals surface area (Å²) in [6.07, 6.45) is 5.49. The van der Waals surface area contributed by atoms with Crippen LogP contribution >= 0.6 is 0 Å². The van der Waals surface area contributed by atoms with Crippen molar-refractivity contribution >= 4 is 37.6 Å². The number of phenolic OH excluding ortho intramolecular Hbond substituents is 1. The van der Waals surface area contributed by atoms with Crippen LogP contribution in [-0.2, 0) is 27.0 Å². The maximum atomic E-state index is 13.0. The number of carbonyl (C=O) groups excluding carboxylic acids is 1. The molecule has 2 aromatic heterocycles. The maximum Gasteiger partial charge on any atom is 0.239 e. The summed E-state index contributed by atoms with van der Waals surface area (Å²) in [4.78, 5) is 20.7. The molecule has 3 N–H and O–H groups in total. The van der Waals surface area contributed by atoms with Gasteiger partial charge in [0.25, 0.3) is 0 Å². The molecule has 1 amide bonds. The van der Waals surface area contributed by atoms with Crippen molar-refractivity contribution in [2.24, 2.45) is 0 Å². The highest BCUT2D eigenvalue weighted by Gasteiger charge is 2.32. The normalized spacial score (nSPS) is 14.9. The van der Waals surface area contributed by atoms with Crippen molar-refractivity contribution < 1.29 is 32.5 Å². The highest BCUT2D eigenvalue weighted by atomic mass is 32.2. The molecule has 0 radical (unpaired) electrons. The number of sulfonamides is 1. The van der Waals surface area contributed by atoms with Gasteiger partial charge in [0, 0.05) is 22.7 Å². The number of rotatable bonds is 11. The zero-order chi connectivity index (χ0) is 31.3. The lowest BCUT2D eigenvalue weighted by molar-refractivity contribution is -0.118. The molecule has 2 heterocycles. The van der Waals surface area contributed by atoms with E-state index >= 15 is 0 Å². The van der Waals surface area contributed by atoms with Gasteiger partial charge < -0.3 is 24.3 Å². The molecule has 0 bridgehead atoms. The summed E-state index contributed by atoms with van der Waals surface area (Å²) in [7, 11) is -2.48. The highest BCUT2D eigenvalue weighted by molar-refractivity contribution is 7.89. The van der Waals surface area contributed by atoms with Crippen molar-refractivity contribution in [2.75, 3.05) is 7.11 Å². The average molecular weight is 628 g/mol. The van der Waals surface area contributed by atoms with Crippen LogP contribution in [0.3, 0.4) is 0 Å². The third-order valence-electron chi connectivity index (χ3n) is 8.05. The number of aromatic nitrogens is 2. The SMILES string of the molecule is COc1ccccc1CC(=O)NS(=O)(=O)Cc1ccc(-c2[nH]c(OC3CC3)c3c2c(O)c(OC2CC2)c2cccnc23)c(C)c1. The molecule has 0 spiro atoms. The monoisotopic (exact) mass is 627 g/mol. The number of ether oxygens (including phenoxy) is 3. The minimum Gasteiger partial charge on any atom is -0.504 e. The third-order valence-corrected chi connectivity index (χ3v) is 9.31. The topological polar surface area (TPSA) is 140 Å². The Morgan fingerprint density at radius 2 is 1.78 bits per heavy atom. The Labute approximate surface area is 260 Å². The van der Waals surface area contributed by atoms with Gasteiger partial charge in [0.1, 0.15) is 11.9 Å². The number of hydrogen-bond donors (Lipinski definition) is 3. The van der Waals surface area contributed by atoms with E-state index in [1.54, 1.807) is 42.6 Å². The molecule has 5 aromatic rings. The highest BCUT2D eigenvalue weighted by Crippen LogP contribution is 2.51. The number of para-hydroxylation sites is 1. The molecule has 7 rings (SSSR count). The van der Waals surface area contributed by atoms with E-state index in [-0.39, 0.29) is 30.1 Å². The van der Waals surface area contributed by atoms with Crippen LogP contribution in [0.5, 0.6) is 23.1 Å². The molecule has 2 aliphatic rings. The summed E-state index contributed by atoms with van der Waals surface area (Å²) < 4.78 is 45.9. The molecule has 2 fully saturated rings. The number of fused-ring (bicyclic) bond motifs is 3. The van der Waals surface area contributed by atoms with Gasteiger partial charge in [-0.2, -0.15) is 0 Å². The predicted molar refractivity (Wildman–Crippen MR) is 170 cm³/mol. The van der Waals surface area contributed by atoms with Gasteiger partial charge in [-0.1, -0.05) is 36.4 Å². The Morgan fingerprint density at radius 1 is 1.02 bits per heavy atom. The van der Waals surface area contributed by atoms with Crippen LogP contribution in [0.15, 0.2) is 60.8 Å². The van der Waals surface area contributed by atoms with Gasteiger partial charge >= 0.3 is 0 Å². The van der Waals surface area contributed by atoms with E-state index in [1.807, 2.05) is 25.1 Å². The Kier molecular flexibility index (Phi) is 7.27. The Balaban J connectivity index is 1.22. The van der Waals surface area contributed by atoms with Crippen LogP contribution in [0.25, 0.3) is 32.9 Å². The van der Waals surface area contributed by atoms with Crippen LogP contribution in [-0.4, -0.2) is 48.7 Å². The summed E-state index contributed by atoms with van der Waals surface area (Å²) in [5, 5.41) is 13.6. The number of amides is 1. The maximum absolute atomic E-state index is 13.0. The first-order chi connectivity index (χ1) is 21.7. The average Bonchev–Trinajstić information content (AvgIpc) is 3.94. The molecule has 10 nitrogen and oxygen atoms in total. The molecule has 11 heteroatoms. The molecule has 3 aromatic carbocycles. The van der Waals surface area contributed by atoms with Crippen LogP contribution in [0.1, 0.15) is 42.4 Å². The molecule has 45 heavy (non-hydrogen) atoms. The number of carbonyl (C=O) groups is 1. The number of benzene rings is 3. The lowest BCUT2D eigenvalue weighted by Gasteiger charge is -2.14. The van der Waals surface area contributed by atoms with E-state index in [9.17, 15) is 18.3 Å². The van der Waals surface area contributed by atoms with E-state index in [4.69, 9.17) is 14.2 Å². The summed E-state index contributed by atoms with van der Waals surface area (Å²) >= 11 is 0. The summed E-state index contributed by atoms with van der Waals surface area (Å²) in [5.41, 5.74) is 3.93. The number of aromatic amines is 1. The predicted octanol–water partition coefficient (Wildman–Crippen LogP) is 5.68. The van der Waals surface area contributed by atoms with Crippen molar-refractivity contribution in [1.29, 1.82) is 0 Å². The van der Waals surface area contributed by atoms with Crippen molar-refractivity contribution in [2.45, 2.75) is 57.0 Å². The molecule has 232 valence electrons. The summed E-state index contributed by atoms with van der Waals surface area (Å²) in [6.45, 7) is 1.87. The van der Waals surface area contributed by atoms with Crippen molar-refractivity contribution in [3.05, 3.63) is 77.5 Å². The van der Waals surface area contributed by atoms with E-state index in [1.165, 1.54) is 7.11 Å². The van der Waals surface area contributed by atoms with Crippen molar-refractivity contribution in [3.63, 3.8) is 0 Å². The quantitative estimate of drug-likeness (QED) is 0.170. The smallest absolute Gasteiger partial charge is 0.239 e. The zero-order valence-electron chi connectivity index (χ0n) is 24.9. The number of hydrogen-bond acceptors (Lipinski definition) is 8. The van der Waals surface area contributed by atoms with Gasteiger partial charge in [0.05, 0.1) is 47.4 Å². The van der Waals surface area contributed by atoms with Crippen LogP contribution in [0.4, 0.5) is 0 Å². The first-order valence-corrected chi connectivity index (χ1v) is 16.6. The van der Waals surface area contributed by atoms with Gasteiger partial charge in [0.2, 0.25) is 21.8 Å². The van der Waals surface area contributed by atoms with E-state index in [2.05, 4.69) is 14.7 Å². The van der Waals surface area contributed by atoms with Crippen molar-refractivity contribution in [1.82, 2.24) is 14.7 Å². The van der Waals surface area contributed by atoms with Gasteiger partial charge in [-0.3, -0.25) is 14.5 Å². The molecule has 0 aliphatic heterocycles. The molecular formula is C34H33N3O7S. The second kappa shape index (κ2) is 11.3. The van der Waals surface area contributed by atoms with E-state index in [0.717, 1.165) is 36.8 Å². The Hall–Kier alpha value is -4.77. The van der Waals surface area contributed by atoms with Gasteiger partial charge in [-0.15, -0.1) is 0 Å². The van der Waals surface area contributed by atoms with E-state index < -0.39 is 15.9 Å². The lowest BCUT2D eigenvalue weighted by atomic mass is 9.98. The number of methoxy groups -OCH3 is 1. The molecule has 2 aliphatic carbocycles. The Bertz CT molecular complexity index is 2060. The Morgan fingerprint density at radius 3 is 2.51 bits per heavy atom. The largest absolute Gasteiger partial charge is 0.504 e. The molecule has 0 atom stereocenters. The summed E-state index contributed by atoms with van der Waals surface area (Å²) in [6, 6.07) is 16.0. The van der Waals surface area contributed by atoms with Crippen LogP contribution in [0.2, 0.25) is 0 Å². The number of pyridine rings is 1. The fourth-order valence-electron chi connectivity index (χ4n) is 5.67. The molecule has 0 saturated heterocycles. The van der Waals surface area contributed by atoms with Gasteiger partial charge in [-0.05, 0) is 61.9 Å². The number of aryl methyl sites for hydroxylation is 1. The number of nitrogens with one attached hydrogen (secondary N) is 2. The standard InChI is InChI=1S/C34H33N3O7S/c1-19-16-20(18-45(40,41)37-27(38)17-21-6-3-4-8-26(21)42-2)9-14-24(19)31-28-29(34(36-31)44-23-12-13-23)30-25(7-5-15-35-30)33(32(28)39)43-22-10-11-22/h3-9,14-16,22-23,36,39H,10-13,17-18H2,1-2H3,(H,37,38). The van der Waals surface area contributed by atoms with Crippen LogP contribution in [0, 0.1) is 6.92 Å². The number of aromatic hydroxyl groups is 1. The molecule has 0 unspecified atom stereocenters. The molecule has 2 saturated carbocycles. The number of H-pyrrole nitrogens is 1. The second-order valence-electron chi connectivity index (χ2n) is 11.7. The lowest BCUT2D eigenvalue weighted by Crippen LogP contribution is -2.32. The zero-order valence-corrected chi connectivity index (χ0v) is 25.7. The number of nitrogens with zero attached hydrogens (tertiary/aromatic N) is 1. The van der Waals surface area contributed by atoms with Gasteiger partial charge in [-0.25, -0.2) is 8.42 Å². The first-order valence-electron chi connectivity index (χ1n) is 14.9. The fourth-order valence-corrected chi connectivity index (χ4v) is 6.78. The molecular weight excluding hydrogens is 594 g/mol. The van der Waals surface area contributed by atoms with Gasteiger partial charge in [0.15, 0.2) is 11.5 Å². The first kappa shape index (κ1) is 29.0. The second-order valence-corrected chi connectivity index (χ2v) is 13.4. The third kappa shape index (κ3) is 5.87. The van der Waals surface area contributed by atoms with Crippen LogP contribution < -0.4 is 18.9 Å². The minimum atomic E-state index is -3.98. The number of phenols is 1. The minimum absolute atomic E-state index is 0.0121. The fraction of sp³-hybridized carbons (Fsp3) is 0.294. The van der Waals surface area contributed by atoms with Crippen molar-refractivity contribution in [3.8, 4) is 34.4 Å². The summed E-state index contributed by atoms with van der Waals surface area (Å²) in [5.74, 6) is 0.429.